The van der Waals surface area contributed by atoms with E-state index in [0.717, 1.165) is 28.4 Å². The maximum absolute atomic E-state index is 5.96. The van der Waals surface area contributed by atoms with Crippen LogP contribution in [0.2, 0.25) is 0 Å². The van der Waals surface area contributed by atoms with Crippen LogP contribution in [0.1, 0.15) is 35.7 Å². The summed E-state index contributed by atoms with van der Waals surface area (Å²) < 4.78 is 11.1. The molecular weight excluding hydrogens is 294 g/mol. The predicted octanol–water partition coefficient (Wildman–Crippen LogP) is 4.56. The van der Waals surface area contributed by atoms with E-state index in [0.29, 0.717) is 12.5 Å². The summed E-state index contributed by atoms with van der Waals surface area (Å²) in [6.45, 7) is 2.67. The third-order valence-electron chi connectivity index (χ3n) is 2.96. The second kappa shape index (κ2) is 7.62. The normalized spacial score (nSPS) is 12.3. The molecule has 2 aromatic rings. The molecule has 1 heterocycles. The number of rotatable bonds is 7. The number of halogens is 1. The van der Waals surface area contributed by atoms with Crippen LogP contribution in [0.4, 0.5) is 0 Å². The first-order chi connectivity index (χ1) is 9.76. The van der Waals surface area contributed by atoms with Gasteiger partial charge in [0.05, 0.1) is 25.3 Å². The molecule has 3 nitrogen and oxygen atoms in total. The van der Waals surface area contributed by atoms with Crippen LogP contribution in [0.3, 0.4) is 0 Å². The minimum Gasteiger partial charge on any atom is -0.497 e. The molecule has 0 saturated heterocycles. The molecule has 0 spiro atoms. The van der Waals surface area contributed by atoms with Gasteiger partial charge >= 0.3 is 0 Å². The van der Waals surface area contributed by atoms with Gasteiger partial charge in [0.25, 0.3) is 0 Å². The summed E-state index contributed by atoms with van der Waals surface area (Å²) in [5.41, 5.74) is 2.04. The number of ether oxygens (including phenoxy) is 2. The van der Waals surface area contributed by atoms with Crippen LogP contribution in [0.25, 0.3) is 0 Å². The topological polar surface area (TPSA) is 31.4 Å². The Bertz CT molecular complexity index is 527. The molecule has 1 unspecified atom stereocenters. The van der Waals surface area contributed by atoms with Crippen molar-refractivity contribution in [2.45, 2.75) is 31.9 Å². The molecule has 0 aliphatic carbocycles. The molecule has 20 heavy (non-hydrogen) atoms. The van der Waals surface area contributed by atoms with E-state index in [4.69, 9.17) is 21.1 Å². The highest BCUT2D eigenvalue weighted by Gasteiger charge is 2.14. The number of methoxy groups -OCH3 is 1. The lowest BCUT2D eigenvalue weighted by Crippen LogP contribution is -2.03. The molecule has 2 rings (SSSR count). The Morgan fingerprint density at radius 2 is 2.05 bits per heavy atom. The number of nitrogens with zero attached hydrogens (tertiary/aromatic N) is 1. The Balaban J connectivity index is 1.95. The fourth-order valence-electron chi connectivity index (χ4n) is 1.81. The van der Waals surface area contributed by atoms with Crippen molar-refractivity contribution >= 4 is 22.9 Å². The van der Waals surface area contributed by atoms with Crippen molar-refractivity contribution in [1.29, 1.82) is 0 Å². The molecule has 0 radical (unpaired) electrons. The lowest BCUT2D eigenvalue weighted by atomic mass is 10.2. The van der Waals surface area contributed by atoms with Gasteiger partial charge in [-0.05, 0) is 24.1 Å². The van der Waals surface area contributed by atoms with Crippen LogP contribution in [0.5, 0.6) is 5.75 Å². The number of thiazole rings is 1. The Morgan fingerprint density at radius 3 is 2.60 bits per heavy atom. The van der Waals surface area contributed by atoms with Crippen molar-refractivity contribution in [3.63, 3.8) is 0 Å². The first-order valence-corrected chi connectivity index (χ1v) is 7.93. The van der Waals surface area contributed by atoms with E-state index in [1.54, 1.807) is 18.4 Å². The molecule has 1 atom stereocenters. The van der Waals surface area contributed by atoms with Crippen molar-refractivity contribution in [1.82, 2.24) is 4.98 Å². The highest BCUT2D eigenvalue weighted by atomic mass is 35.5. The minimum absolute atomic E-state index is 0.0269. The number of hydrogen-bond donors (Lipinski definition) is 0. The summed E-state index contributed by atoms with van der Waals surface area (Å²) in [5.74, 6) is 1.30. The zero-order valence-corrected chi connectivity index (χ0v) is 13.2. The van der Waals surface area contributed by atoms with Crippen molar-refractivity contribution in [2.24, 2.45) is 0 Å². The van der Waals surface area contributed by atoms with Crippen LogP contribution in [0.15, 0.2) is 29.6 Å². The van der Waals surface area contributed by atoms with E-state index in [-0.39, 0.29) is 6.10 Å². The molecule has 1 aromatic heterocycles. The Morgan fingerprint density at radius 1 is 1.30 bits per heavy atom. The molecule has 0 bridgehead atoms. The summed E-state index contributed by atoms with van der Waals surface area (Å²) in [6, 6.07) is 7.90. The molecule has 108 valence electrons. The molecule has 5 heteroatoms. The van der Waals surface area contributed by atoms with Crippen LogP contribution in [0, 0.1) is 0 Å². The maximum atomic E-state index is 5.96. The third kappa shape index (κ3) is 3.95. The molecule has 0 N–H and O–H groups in total. The average molecular weight is 312 g/mol. The number of alkyl halides is 1. The van der Waals surface area contributed by atoms with Gasteiger partial charge in [-0.2, -0.15) is 0 Å². The average Bonchev–Trinajstić information content (AvgIpc) is 2.97. The number of benzene rings is 1. The van der Waals surface area contributed by atoms with Crippen LogP contribution >= 0.6 is 22.9 Å². The van der Waals surface area contributed by atoms with Crippen molar-refractivity contribution in [3.05, 3.63) is 45.9 Å². The second-order valence-corrected chi connectivity index (χ2v) is 5.52. The van der Waals surface area contributed by atoms with Gasteiger partial charge in [0.1, 0.15) is 16.9 Å². The summed E-state index contributed by atoms with van der Waals surface area (Å²) in [4.78, 5) is 4.48. The highest BCUT2D eigenvalue weighted by Crippen LogP contribution is 2.26. The Hall–Kier alpha value is -1.10. The monoisotopic (exact) mass is 311 g/mol. The van der Waals surface area contributed by atoms with E-state index in [9.17, 15) is 0 Å². The number of hydrogen-bond acceptors (Lipinski definition) is 4. The Labute approximate surface area is 128 Å². The van der Waals surface area contributed by atoms with Crippen molar-refractivity contribution in [2.75, 3.05) is 7.11 Å². The van der Waals surface area contributed by atoms with Gasteiger partial charge < -0.3 is 9.47 Å². The minimum atomic E-state index is 0.0269. The van der Waals surface area contributed by atoms with Gasteiger partial charge in [0, 0.05) is 5.38 Å². The third-order valence-corrected chi connectivity index (χ3v) is 4.22. The van der Waals surface area contributed by atoms with Crippen LogP contribution in [-0.2, 0) is 17.2 Å². The SMILES string of the molecule is CCC(OCc1ccc(OC)cc1)c1nc(CCl)cs1. The van der Waals surface area contributed by atoms with Crippen LogP contribution in [-0.4, -0.2) is 12.1 Å². The molecule has 0 saturated carbocycles. The predicted molar refractivity (Wildman–Crippen MR) is 82.5 cm³/mol. The Kier molecular flexibility index (Phi) is 5.83. The molecule has 0 aliphatic rings. The first kappa shape index (κ1) is 15.3. The van der Waals surface area contributed by atoms with E-state index in [1.807, 2.05) is 29.6 Å². The standard InChI is InChI=1S/C15H18ClNO2S/c1-3-14(15-17-12(8-16)10-20-15)19-9-11-4-6-13(18-2)7-5-11/h4-7,10,14H,3,8-9H2,1-2H3. The van der Waals surface area contributed by atoms with E-state index < -0.39 is 0 Å². The summed E-state index contributed by atoms with van der Waals surface area (Å²) in [5, 5.41) is 2.98. The summed E-state index contributed by atoms with van der Waals surface area (Å²) >= 11 is 7.39. The van der Waals surface area contributed by atoms with Gasteiger partial charge in [-0.3, -0.25) is 0 Å². The first-order valence-electron chi connectivity index (χ1n) is 6.51. The zero-order valence-electron chi connectivity index (χ0n) is 11.6. The molecule has 0 aliphatic heterocycles. The quantitative estimate of drug-likeness (QED) is 0.702. The summed E-state index contributed by atoms with van der Waals surface area (Å²) in [7, 11) is 1.66. The van der Waals surface area contributed by atoms with Gasteiger partial charge in [-0.1, -0.05) is 19.1 Å². The van der Waals surface area contributed by atoms with E-state index >= 15 is 0 Å². The lowest BCUT2D eigenvalue weighted by molar-refractivity contribution is 0.0369. The maximum Gasteiger partial charge on any atom is 0.122 e. The highest BCUT2D eigenvalue weighted by molar-refractivity contribution is 7.09. The zero-order chi connectivity index (χ0) is 14.4. The van der Waals surface area contributed by atoms with Crippen LogP contribution < -0.4 is 4.74 Å². The van der Waals surface area contributed by atoms with Gasteiger partial charge in [-0.25, -0.2) is 4.98 Å². The second-order valence-electron chi connectivity index (χ2n) is 4.37. The molecular formula is C15H18ClNO2S. The van der Waals surface area contributed by atoms with E-state index in [1.165, 1.54) is 0 Å². The molecule has 1 aromatic carbocycles. The molecule has 0 fully saturated rings. The van der Waals surface area contributed by atoms with Gasteiger partial charge in [0.2, 0.25) is 0 Å². The van der Waals surface area contributed by atoms with Gasteiger partial charge in [-0.15, -0.1) is 22.9 Å². The summed E-state index contributed by atoms with van der Waals surface area (Å²) in [6.07, 6.45) is 0.921. The van der Waals surface area contributed by atoms with E-state index in [2.05, 4.69) is 11.9 Å². The fraction of sp³-hybridized carbons (Fsp3) is 0.400. The lowest BCUT2D eigenvalue weighted by Gasteiger charge is -2.13. The fourth-order valence-corrected chi connectivity index (χ4v) is 2.99. The molecule has 0 amide bonds. The van der Waals surface area contributed by atoms with Crippen molar-refractivity contribution < 1.29 is 9.47 Å². The smallest absolute Gasteiger partial charge is 0.122 e. The van der Waals surface area contributed by atoms with Crippen molar-refractivity contribution in [3.8, 4) is 5.75 Å². The number of aromatic nitrogens is 1. The van der Waals surface area contributed by atoms with Gasteiger partial charge in [0.15, 0.2) is 0 Å². The largest absolute Gasteiger partial charge is 0.497 e.